The van der Waals surface area contributed by atoms with E-state index in [2.05, 4.69) is 0 Å². The molecular formula is C9H8FNO2. The highest BCUT2D eigenvalue weighted by molar-refractivity contribution is 5.80. The van der Waals surface area contributed by atoms with E-state index < -0.39 is 12.0 Å². The number of hydrogen-bond donors (Lipinski definition) is 1. The summed E-state index contributed by atoms with van der Waals surface area (Å²) in [5.41, 5.74) is 5.76. The zero-order valence-corrected chi connectivity index (χ0v) is 6.79. The number of rotatable bonds is 1. The summed E-state index contributed by atoms with van der Waals surface area (Å²) in [6.07, 6.45) is -0.278. The molecule has 1 heterocycles. The van der Waals surface area contributed by atoms with Gasteiger partial charge in [0.05, 0.1) is 0 Å². The van der Waals surface area contributed by atoms with Gasteiger partial charge in [0.2, 0.25) is 0 Å². The quantitative estimate of drug-likeness (QED) is 0.690. The first-order valence-electron chi connectivity index (χ1n) is 3.91. The van der Waals surface area contributed by atoms with E-state index in [9.17, 15) is 9.18 Å². The van der Waals surface area contributed by atoms with E-state index in [-0.39, 0.29) is 5.82 Å². The van der Waals surface area contributed by atoms with Gasteiger partial charge in [-0.1, -0.05) is 0 Å². The van der Waals surface area contributed by atoms with E-state index in [1.54, 1.807) is 0 Å². The molecule has 1 aromatic carbocycles. The fourth-order valence-electron chi connectivity index (χ4n) is 1.38. The van der Waals surface area contributed by atoms with Crippen LogP contribution in [0.4, 0.5) is 4.39 Å². The largest absolute Gasteiger partial charge is 0.480 e. The van der Waals surface area contributed by atoms with Crippen molar-refractivity contribution in [1.82, 2.24) is 0 Å². The van der Waals surface area contributed by atoms with Gasteiger partial charge in [0.15, 0.2) is 6.10 Å². The van der Waals surface area contributed by atoms with Crippen LogP contribution in [0.3, 0.4) is 0 Å². The summed E-state index contributed by atoms with van der Waals surface area (Å²) in [4.78, 5) is 10.8. The lowest BCUT2D eigenvalue weighted by Crippen LogP contribution is -2.31. The van der Waals surface area contributed by atoms with E-state index in [0.29, 0.717) is 17.7 Å². The van der Waals surface area contributed by atoms with E-state index in [0.717, 1.165) is 0 Å². The van der Waals surface area contributed by atoms with Gasteiger partial charge in [-0.2, -0.15) is 0 Å². The Balaban J connectivity index is 2.30. The van der Waals surface area contributed by atoms with Gasteiger partial charge in [-0.15, -0.1) is 0 Å². The average molecular weight is 181 g/mol. The summed E-state index contributed by atoms with van der Waals surface area (Å²) in [5.74, 6) is -0.297. The third-order valence-electron chi connectivity index (χ3n) is 2.01. The fraction of sp³-hybridized carbons (Fsp3) is 0.222. The van der Waals surface area contributed by atoms with Crippen molar-refractivity contribution in [2.24, 2.45) is 5.73 Å². The highest BCUT2D eigenvalue weighted by atomic mass is 19.1. The molecule has 1 aliphatic rings. The van der Waals surface area contributed by atoms with E-state index in [1.165, 1.54) is 18.2 Å². The average Bonchev–Trinajstić information content (AvgIpc) is 2.46. The van der Waals surface area contributed by atoms with Gasteiger partial charge in [-0.3, -0.25) is 4.79 Å². The number of carbonyl (C=O) groups is 1. The number of carbonyl (C=O) groups excluding carboxylic acids is 1. The monoisotopic (exact) mass is 181 g/mol. The highest BCUT2D eigenvalue weighted by Crippen LogP contribution is 2.28. The normalized spacial score (nSPS) is 19.3. The van der Waals surface area contributed by atoms with Gasteiger partial charge in [-0.25, -0.2) is 4.39 Å². The molecule has 13 heavy (non-hydrogen) atoms. The lowest BCUT2D eigenvalue weighted by atomic mass is 10.1. The predicted octanol–water partition coefficient (Wildman–Crippen LogP) is 0.614. The number of halogens is 1. The van der Waals surface area contributed by atoms with Crippen molar-refractivity contribution in [3.8, 4) is 5.75 Å². The van der Waals surface area contributed by atoms with Crippen LogP contribution in [0.5, 0.6) is 5.75 Å². The number of ether oxygens (including phenoxy) is 1. The number of hydrogen-bond acceptors (Lipinski definition) is 2. The molecule has 0 fully saturated rings. The minimum Gasteiger partial charge on any atom is -0.480 e. The van der Waals surface area contributed by atoms with Crippen molar-refractivity contribution >= 4 is 5.91 Å². The summed E-state index contributed by atoms with van der Waals surface area (Å²) in [6.45, 7) is 0. The maximum absolute atomic E-state index is 12.7. The molecule has 0 saturated carbocycles. The molecule has 0 aromatic heterocycles. The van der Waals surface area contributed by atoms with Gasteiger partial charge < -0.3 is 10.5 Å². The highest BCUT2D eigenvalue weighted by Gasteiger charge is 2.27. The number of benzene rings is 1. The molecule has 4 heteroatoms. The Kier molecular flexibility index (Phi) is 1.69. The van der Waals surface area contributed by atoms with Crippen LogP contribution < -0.4 is 10.5 Å². The molecule has 1 amide bonds. The Morgan fingerprint density at radius 1 is 1.62 bits per heavy atom. The Morgan fingerprint density at radius 3 is 3.08 bits per heavy atom. The first-order chi connectivity index (χ1) is 6.16. The predicted molar refractivity (Wildman–Crippen MR) is 43.7 cm³/mol. The fourth-order valence-corrected chi connectivity index (χ4v) is 1.38. The Labute approximate surface area is 74.3 Å². The maximum atomic E-state index is 12.7. The van der Waals surface area contributed by atoms with E-state index in [4.69, 9.17) is 10.5 Å². The smallest absolute Gasteiger partial charge is 0.258 e. The van der Waals surface area contributed by atoms with Crippen molar-refractivity contribution in [2.45, 2.75) is 12.5 Å². The van der Waals surface area contributed by atoms with Crippen molar-refractivity contribution in [3.63, 3.8) is 0 Å². The van der Waals surface area contributed by atoms with E-state index >= 15 is 0 Å². The molecule has 0 spiro atoms. The molecule has 3 nitrogen and oxygen atoms in total. The molecule has 0 aliphatic carbocycles. The molecule has 0 saturated heterocycles. The van der Waals surface area contributed by atoms with Crippen molar-refractivity contribution in [2.75, 3.05) is 0 Å². The molecule has 0 bridgehead atoms. The van der Waals surface area contributed by atoms with Crippen LogP contribution >= 0.6 is 0 Å². The summed E-state index contributed by atoms with van der Waals surface area (Å²) < 4.78 is 17.9. The summed E-state index contributed by atoms with van der Waals surface area (Å²) in [7, 11) is 0. The van der Waals surface area contributed by atoms with Crippen LogP contribution in [0.2, 0.25) is 0 Å². The van der Waals surface area contributed by atoms with Gasteiger partial charge in [-0.05, 0) is 18.2 Å². The van der Waals surface area contributed by atoms with Gasteiger partial charge >= 0.3 is 0 Å². The third kappa shape index (κ3) is 1.35. The summed E-state index contributed by atoms with van der Waals surface area (Å²) >= 11 is 0. The SMILES string of the molecule is NC(=O)C1Cc2cc(F)ccc2O1. The molecule has 1 atom stereocenters. The lowest BCUT2D eigenvalue weighted by Gasteiger charge is -2.04. The van der Waals surface area contributed by atoms with Gasteiger partial charge in [0.25, 0.3) is 5.91 Å². The number of primary amides is 1. The second kappa shape index (κ2) is 2.73. The third-order valence-corrected chi connectivity index (χ3v) is 2.01. The van der Waals surface area contributed by atoms with Crippen molar-refractivity contribution in [1.29, 1.82) is 0 Å². The maximum Gasteiger partial charge on any atom is 0.258 e. The molecule has 2 rings (SSSR count). The Hall–Kier alpha value is -1.58. The number of amides is 1. The topological polar surface area (TPSA) is 52.3 Å². The molecule has 0 radical (unpaired) electrons. The molecule has 1 unspecified atom stereocenters. The Bertz CT molecular complexity index is 365. The second-order valence-corrected chi connectivity index (χ2v) is 2.97. The molecule has 1 aliphatic heterocycles. The molecular weight excluding hydrogens is 173 g/mol. The van der Waals surface area contributed by atoms with Crippen LogP contribution in [-0.2, 0) is 11.2 Å². The molecule has 2 N–H and O–H groups in total. The summed E-state index contributed by atoms with van der Waals surface area (Å²) in [5, 5.41) is 0. The van der Waals surface area contributed by atoms with Crippen LogP contribution in [-0.4, -0.2) is 12.0 Å². The molecule has 1 aromatic rings. The van der Waals surface area contributed by atoms with Crippen LogP contribution in [0.15, 0.2) is 18.2 Å². The minimum atomic E-state index is -0.642. The lowest BCUT2D eigenvalue weighted by molar-refractivity contribution is -0.123. The van der Waals surface area contributed by atoms with Crippen LogP contribution in [0, 0.1) is 5.82 Å². The first-order valence-corrected chi connectivity index (χ1v) is 3.91. The second-order valence-electron chi connectivity index (χ2n) is 2.97. The van der Waals surface area contributed by atoms with Crippen molar-refractivity contribution in [3.05, 3.63) is 29.6 Å². The number of fused-ring (bicyclic) bond motifs is 1. The van der Waals surface area contributed by atoms with E-state index in [1.807, 2.05) is 0 Å². The number of nitrogens with two attached hydrogens (primary N) is 1. The van der Waals surface area contributed by atoms with Crippen molar-refractivity contribution < 1.29 is 13.9 Å². The van der Waals surface area contributed by atoms with Crippen LogP contribution in [0.25, 0.3) is 0 Å². The summed E-state index contributed by atoms with van der Waals surface area (Å²) in [6, 6.07) is 4.16. The first kappa shape index (κ1) is 8.04. The van der Waals surface area contributed by atoms with Gasteiger partial charge in [0.1, 0.15) is 11.6 Å². The zero-order chi connectivity index (χ0) is 9.42. The Morgan fingerprint density at radius 2 is 2.38 bits per heavy atom. The standard InChI is InChI=1S/C9H8FNO2/c10-6-1-2-7-5(3-6)4-8(13-7)9(11)12/h1-3,8H,4H2,(H2,11,12). The van der Waals surface area contributed by atoms with Gasteiger partial charge in [0, 0.05) is 12.0 Å². The zero-order valence-electron chi connectivity index (χ0n) is 6.79. The molecule has 68 valence electrons. The van der Waals surface area contributed by atoms with Crippen LogP contribution in [0.1, 0.15) is 5.56 Å². The minimum absolute atomic E-state index is 0.326.